The molecule has 10 nitrogen and oxygen atoms in total. The van der Waals surface area contributed by atoms with E-state index in [9.17, 15) is 20.0 Å². The molecule has 2 amide bonds. The molecule has 0 radical (unpaired) electrons. The van der Waals surface area contributed by atoms with Gasteiger partial charge in [0, 0.05) is 34.2 Å². The summed E-state index contributed by atoms with van der Waals surface area (Å²) in [7, 11) is 2.99. The number of carbonyl (C=O) groups excluding carboxylic acids is 2. The average Bonchev–Trinajstić information content (AvgIpc) is 2.93. The van der Waals surface area contributed by atoms with Gasteiger partial charge in [-0.15, -0.1) is 0 Å². The number of para-hydroxylation sites is 5. The zero-order valence-corrected chi connectivity index (χ0v) is 22.0. The highest BCUT2D eigenvalue weighted by Gasteiger charge is 2.39. The number of amides is 2. The van der Waals surface area contributed by atoms with E-state index in [1.54, 1.807) is 80.6 Å². The Morgan fingerprint density at radius 2 is 1.23 bits per heavy atom. The van der Waals surface area contributed by atoms with E-state index in [2.05, 4.69) is 16.0 Å². The third-order valence-electron chi connectivity index (χ3n) is 6.46. The second-order valence-electron chi connectivity index (χ2n) is 8.84. The van der Waals surface area contributed by atoms with E-state index >= 15 is 0 Å². The summed E-state index contributed by atoms with van der Waals surface area (Å²) < 4.78 is 10.8. The number of hydrogen-bond acceptors (Lipinski definition) is 7. The Bertz CT molecular complexity index is 1380. The van der Waals surface area contributed by atoms with Gasteiger partial charge in [-0.3, -0.25) is 9.59 Å². The largest absolute Gasteiger partial charge is 0.595 e. The number of dihydropyridines is 1. The fraction of sp³-hybridized carbons (Fsp3) is 0.172. The molecule has 0 aliphatic carbocycles. The molecule has 1 atom stereocenters. The van der Waals surface area contributed by atoms with Crippen LogP contribution in [0.4, 0.5) is 17.1 Å². The summed E-state index contributed by atoms with van der Waals surface area (Å²) >= 11 is 0. The van der Waals surface area contributed by atoms with Crippen LogP contribution in [0.5, 0.6) is 11.5 Å². The van der Waals surface area contributed by atoms with Crippen LogP contribution in [0, 0.1) is 5.21 Å². The molecular formula is C29H30N4O6. The molecule has 3 aromatic carbocycles. The molecule has 1 aliphatic heterocycles. The zero-order valence-electron chi connectivity index (χ0n) is 22.0. The zero-order chi connectivity index (χ0) is 28.1. The maximum atomic E-state index is 13.9. The van der Waals surface area contributed by atoms with E-state index in [1.807, 2.05) is 0 Å². The van der Waals surface area contributed by atoms with Crippen LogP contribution in [-0.4, -0.2) is 31.2 Å². The summed E-state index contributed by atoms with van der Waals surface area (Å²) in [5.74, 6) is -1.11. The minimum absolute atomic E-state index is 0.0183. The maximum absolute atomic E-state index is 13.9. The number of rotatable bonds is 8. The molecule has 0 saturated heterocycles. The minimum atomic E-state index is -1.17. The lowest BCUT2D eigenvalue weighted by atomic mass is 9.79. The number of quaternary nitrogens is 1. The molecule has 0 spiro atoms. The van der Waals surface area contributed by atoms with Crippen molar-refractivity contribution in [2.75, 3.05) is 24.9 Å². The Hall–Kier alpha value is -4.64. The summed E-state index contributed by atoms with van der Waals surface area (Å²) in [6, 6.07) is 20.2. The van der Waals surface area contributed by atoms with Crippen LogP contribution in [-0.2, 0) is 9.59 Å². The molecule has 1 unspecified atom stereocenters. The van der Waals surface area contributed by atoms with Crippen molar-refractivity contribution in [3.63, 3.8) is 0 Å². The van der Waals surface area contributed by atoms with Gasteiger partial charge < -0.3 is 30.6 Å². The molecule has 3 aromatic rings. The smallest absolute Gasteiger partial charge is 0.254 e. The first-order valence-corrected chi connectivity index (χ1v) is 12.2. The summed E-state index contributed by atoms with van der Waals surface area (Å²) in [5.41, 5.74) is 2.52. The van der Waals surface area contributed by atoms with Crippen LogP contribution in [0.3, 0.4) is 0 Å². The molecule has 10 heteroatoms. The quantitative estimate of drug-likeness (QED) is 0.281. The third kappa shape index (κ3) is 5.63. The molecule has 0 bridgehead atoms. The second kappa shape index (κ2) is 11.8. The van der Waals surface area contributed by atoms with E-state index in [-0.39, 0.29) is 16.8 Å². The van der Waals surface area contributed by atoms with Crippen molar-refractivity contribution in [3.05, 3.63) is 106 Å². The predicted octanol–water partition coefficient (Wildman–Crippen LogP) is 3.62. The molecule has 5 N–H and O–H groups in total. The van der Waals surface area contributed by atoms with Crippen LogP contribution >= 0.6 is 0 Å². The van der Waals surface area contributed by atoms with Gasteiger partial charge in [0.05, 0.1) is 31.5 Å². The normalized spacial score (nSPS) is 14.4. The fourth-order valence-electron chi connectivity index (χ4n) is 4.73. The lowest BCUT2D eigenvalue weighted by Crippen LogP contribution is -2.99. The summed E-state index contributed by atoms with van der Waals surface area (Å²) in [6.07, 6.45) is 0. The number of allylic oxidation sites excluding steroid dienone is 2. The van der Waals surface area contributed by atoms with Crippen molar-refractivity contribution in [3.8, 4) is 11.5 Å². The monoisotopic (exact) mass is 530 g/mol. The Labute approximate surface area is 226 Å². The van der Waals surface area contributed by atoms with Crippen molar-refractivity contribution in [1.29, 1.82) is 0 Å². The molecule has 0 saturated carbocycles. The highest BCUT2D eigenvalue weighted by molar-refractivity contribution is 6.12. The molecule has 0 aromatic heterocycles. The van der Waals surface area contributed by atoms with E-state index in [4.69, 9.17) is 9.47 Å². The fourth-order valence-corrected chi connectivity index (χ4v) is 4.73. The number of nitrogens with one attached hydrogen (secondary N) is 4. The summed E-state index contributed by atoms with van der Waals surface area (Å²) in [4.78, 5) is 27.7. The van der Waals surface area contributed by atoms with Crippen LogP contribution in [0.2, 0.25) is 0 Å². The van der Waals surface area contributed by atoms with Gasteiger partial charge in [-0.2, -0.15) is 5.23 Å². The highest BCUT2D eigenvalue weighted by atomic mass is 16.8. The first-order valence-electron chi connectivity index (χ1n) is 12.2. The van der Waals surface area contributed by atoms with Gasteiger partial charge in [-0.25, -0.2) is 5.21 Å². The average molecular weight is 531 g/mol. The maximum Gasteiger partial charge on any atom is 0.254 e. The van der Waals surface area contributed by atoms with Crippen molar-refractivity contribution < 1.29 is 29.5 Å². The van der Waals surface area contributed by atoms with Crippen LogP contribution in [0.1, 0.15) is 25.3 Å². The highest BCUT2D eigenvalue weighted by Crippen LogP contribution is 2.42. The van der Waals surface area contributed by atoms with Crippen LogP contribution in [0.25, 0.3) is 0 Å². The Morgan fingerprint density at radius 1 is 0.795 bits per heavy atom. The molecule has 39 heavy (non-hydrogen) atoms. The standard InChI is InChI=1S/C29H30N4O6/c1-17-25(28(34)31-20-12-6-9-15-23(20)38-3)27(19-11-5-8-14-22(19)33(36)37)26(18(2)30-17)29(35)32-21-13-7-10-16-24(21)39-4/h5-16,27,30,33,36H,1-4H3,(H,31,34)(H,32,35). The molecule has 202 valence electrons. The van der Waals surface area contributed by atoms with Gasteiger partial charge in [-0.1, -0.05) is 42.5 Å². The lowest BCUT2D eigenvalue weighted by molar-refractivity contribution is -0.991. The Morgan fingerprint density at radius 3 is 1.69 bits per heavy atom. The molecule has 1 aliphatic rings. The minimum Gasteiger partial charge on any atom is -0.595 e. The third-order valence-corrected chi connectivity index (χ3v) is 6.46. The molecular weight excluding hydrogens is 500 g/mol. The van der Waals surface area contributed by atoms with Gasteiger partial charge in [0.2, 0.25) is 0 Å². The van der Waals surface area contributed by atoms with Crippen molar-refractivity contribution in [2.24, 2.45) is 0 Å². The SMILES string of the molecule is COc1ccccc1NC(=O)C1=C(C)NC(C)=C(C(=O)Nc2ccccc2OC)C1c1ccccc1[NH+]([O-])O. The number of methoxy groups -OCH3 is 2. The topological polar surface area (TPSA) is 136 Å². The summed E-state index contributed by atoms with van der Waals surface area (Å²) in [6.45, 7) is 3.43. The molecule has 0 fully saturated rings. The number of hydrogen-bond donors (Lipinski definition) is 5. The van der Waals surface area contributed by atoms with E-state index in [0.29, 0.717) is 39.8 Å². The Balaban J connectivity index is 1.84. The molecule has 1 heterocycles. The van der Waals surface area contributed by atoms with Gasteiger partial charge in [-0.05, 0) is 38.1 Å². The summed E-state index contributed by atoms with van der Waals surface area (Å²) in [5, 5.41) is 30.0. The van der Waals surface area contributed by atoms with Gasteiger partial charge in [0.15, 0.2) is 5.69 Å². The van der Waals surface area contributed by atoms with Crippen molar-refractivity contribution in [1.82, 2.24) is 5.32 Å². The number of carbonyl (C=O) groups is 2. The number of ether oxygens (including phenoxy) is 2. The van der Waals surface area contributed by atoms with Gasteiger partial charge in [0.1, 0.15) is 11.5 Å². The van der Waals surface area contributed by atoms with Gasteiger partial charge >= 0.3 is 0 Å². The lowest BCUT2D eigenvalue weighted by Gasteiger charge is -2.32. The van der Waals surface area contributed by atoms with E-state index in [0.717, 1.165) is 0 Å². The first kappa shape index (κ1) is 27.4. The van der Waals surface area contributed by atoms with Crippen LogP contribution in [0.15, 0.2) is 95.3 Å². The van der Waals surface area contributed by atoms with E-state index < -0.39 is 23.0 Å². The molecule has 4 rings (SSSR count). The number of anilines is 2. The van der Waals surface area contributed by atoms with Crippen molar-refractivity contribution >= 4 is 28.9 Å². The van der Waals surface area contributed by atoms with E-state index in [1.165, 1.54) is 20.3 Å². The van der Waals surface area contributed by atoms with Crippen molar-refractivity contribution in [2.45, 2.75) is 19.8 Å². The van der Waals surface area contributed by atoms with Gasteiger partial charge in [0.25, 0.3) is 11.8 Å². The Kier molecular flexibility index (Phi) is 8.30. The second-order valence-corrected chi connectivity index (χ2v) is 8.84. The predicted molar refractivity (Wildman–Crippen MR) is 147 cm³/mol. The first-order chi connectivity index (χ1) is 18.8. The van der Waals surface area contributed by atoms with Crippen LogP contribution < -0.4 is 30.7 Å². The number of benzene rings is 3.